The molecule has 0 heterocycles. The van der Waals surface area contributed by atoms with Crippen LogP contribution in [0.4, 0.5) is 4.79 Å². The third kappa shape index (κ3) is 3.15. The lowest BCUT2D eigenvalue weighted by atomic mass is 10.1. The van der Waals surface area contributed by atoms with Crippen molar-refractivity contribution in [2.24, 2.45) is 17.8 Å². The molecular weight excluding hydrogens is 232 g/mol. The fourth-order valence-corrected chi connectivity index (χ4v) is 2.71. The predicted molar refractivity (Wildman–Crippen MR) is 67.2 cm³/mol. The largest absolute Gasteiger partial charge is 0.481 e. The summed E-state index contributed by atoms with van der Waals surface area (Å²) in [7, 11) is 1.81. The molecule has 102 valence electrons. The Morgan fingerprint density at radius 3 is 2.50 bits per heavy atom. The van der Waals surface area contributed by atoms with Crippen LogP contribution in [0.5, 0.6) is 0 Å². The molecule has 0 aromatic heterocycles. The molecule has 4 atom stereocenters. The highest BCUT2D eigenvalue weighted by Crippen LogP contribution is 2.38. The molecule has 5 nitrogen and oxygen atoms in total. The van der Waals surface area contributed by atoms with Gasteiger partial charge in [0.1, 0.15) is 0 Å². The Hall–Kier alpha value is -1.26. The number of urea groups is 1. The third-order valence-electron chi connectivity index (χ3n) is 4.24. The molecule has 18 heavy (non-hydrogen) atoms. The topological polar surface area (TPSA) is 69.6 Å². The van der Waals surface area contributed by atoms with Crippen LogP contribution in [0.25, 0.3) is 0 Å². The summed E-state index contributed by atoms with van der Waals surface area (Å²) in [6.45, 7) is 3.01. The van der Waals surface area contributed by atoms with Crippen molar-refractivity contribution in [2.75, 3.05) is 13.6 Å². The van der Waals surface area contributed by atoms with Crippen LogP contribution < -0.4 is 5.32 Å². The van der Waals surface area contributed by atoms with Crippen LogP contribution in [0, 0.1) is 17.8 Å². The number of nitrogens with one attached hydrogen (secondary N) is 1. The number of carboxylic acids is 1. The van der Waals surface area contributed by atoms with Gasteiger partial charge in [0.05, 0.1) is 5.92 Å². The van der Waals surface area contributed by atoms with Gasteiger partial charge in [-0.05, 0) is 37.5 Å². The average molecular weight is 254 g/mol. The van der Waals surface area contributed by atoms with Crippen LogP contribution in [-0.4, -0.2) is 41.6 Å². The average Bonchev–Trinajstić information content (AvgIpc) is 2.79. The van der Waals surface area contributed by atoms with Gasteiger partial charge in [0.15, 0.2) is 0 Å². The van der Waals surface area contributed by atoms with E-state index in [4.69, 9.17) is 5.11 Å². The highest BCUT2D eigenvalue weighted by atomic mass is 16.4. The summed E-state index contributed by atoms with van der Waals surface area (Å²) in [4.78, 5) is 24.5. The van der Waals surface area contributed by atoms with Crippen molar-refractivity contribution < 1.29 is 14.7 Å². The summed E-state index contributed by atoms with van der Waals surface area (Å²) in [5.41, 5.74) is 0. The second-order valence-corrected chi connectivity index (χ2v) is 5.85. The highest BCUT2D eigenvalue weighted by Gasteiger charge is 2.35. The number of hydrogen-bond acceptors (Lipinski definition) is 2. The molecule has 2 aliphatic rings. The molecule has 2 amide bonds. The minimum Gasteiger partial charge on any atom is -0.481 e. The normalized spacial score (nSPS) is 34.1. The molecule has 0 bridgehead atoms. The van der Waals surface area contributed by atoms with Gasteiger partial charge >= 0.3 is 12.0 Å². The van der Waals surface area contributed by atoms with Gasteiger partial charge in [0.25, 0.3) is 0 Å². The summed E-state index contributed by atoms with van der Waals surface area (Å²) >= 11 is 0. The van der Waals surface area contributed by atoms with E-state index >= 15 is 0 Å². The molecular formula is C13H22N2O3. The van der Waals surface area contributed by atoms with E-state index in [0.29, 0.717) is 18.8 Å². The van der Waals surface area contributed by atoms with Gasteiger partial charge in [0, 0.05) is 19.6 Å². The van der Waals surface area contributed by atoms with Gasteiger partial charge < -0.3 is 15.3 Å². The molecule has 0 saturated heterocycles. The van der Waals surface area contributed by atoms with E-state index in [-0.39, 0.29) is 18.0 Å². The van der Waals surface area contributed by atoms with Crippen molar-refractivity contribution in [2.45, 2.75) is 38.6 Å². The van der Waals surface area contributed by atoms with Crippen molar-refractivity contribution in [3.63, 3.8) is 0 Å². The van der Waals surface area contributed by atoms with Gasteiger partial charge in [-0.15, -0.1) is 0 Å². The van der Waals surface area contributed by atoms with E-state index in [1.54, 1.807) is 4.90 Å². The number of carbonyl (C=O) groups is 2. The molecule has 0 spiro atoms. The fraction of sp³-hybridized carbons (Fsp3) is 0.846. The minimum absolute atomic E-state index is 0.0256. The van der Waals surface area contributed by atoms with Gasteiger partial charge in [-0.3, -0.25) is 4.79 Å². The van der Waals surface area contributed by atoms with Crippen molar-refractivity contribution >= 4 is 12.0 Å². The van der Waals surface area contributed by atoms with Crippen LogP contribution in [0.1, 0.15) is 32.6 Å². The van der Waals surface area contributed by atoms with Gasteiger partial charge in [0.2, 0.25) is 0 Å². The summed E-state index contributed by atoms with van der Waals surface area (Å²) in [5, 5.41) is 11.8. The smallest absolute Gasteiger partial charge is 0.317 e. The van der Waals surface area contributed by atoms with Crippen molar-refractivity contribution in [1.82, 2.24) is 10.2 Å². The van der Waals surface area contributed by atoms with Crippen LogP contribution in [0.2, 0.25) is 0 Å². The number of hydrogen-bond donors (Lipinski definition) is 2. The molecule has 2 N–H and O–H groups in total. The molecule has 2 unspecified atom stereocenters. The first-order valence-corrected chi connectivity index (χ1v) is 6.71. The van der Waals surface area contributed by atoms with E-state index in [1.165, 1.54) is 6.42 Å². The fourth-order valence-electron chi connectivity index (χ4n) is 2.71. The second-order valence-electron chi connectivity index (χ2n) is 5.85. The number of aliphatic carboxylic acids is 1. The summed E-state index contributed by atoms with van der Waals surface area (Å²) in [6.07, 6.45) is 3.22. The Morgan fingerprint density at radius 2 is 2.00 bits per heavy atom. The van der Waals surface area contributed by atoms with Crippen LogP contribution in [0.15, 0.2) is 0 Å². The number of amides is 2. The SMILES string of the molecule is CC1CC1CN(C)C(=O)N[C@H]1CC[C@@H](C(=O)O)C1. The molecule has 0 aliphatic heterocycles. The number of carboxylic acid groups (broad SMARTS) is 1. The van der Waals surface area contributed by atoms with Crippen molar-refractivity contribution in [3.8, 4) is 0 Å². The Kier molecular flexibility index (Phi) is 3.78. The van der Waals surface area contributed by atoms with Gasteiger partial charge in [-0.25, -0.2) is 4.79 Å². The second kappa shape index (κ2) is 5.16. The maximum Gasteiger partial charge on any atom is 0.317 e. The first-order chi connectivity index (χ1) is 8.47. The molecule has 2 saturated carbocycles. The maximum absolute atomic E-state index is 11.9. The Morgan fingerprint density at radius 1 is 1.33 bits per heavy atom. The van der Waals surface area contributed by atoms with Crippen molar-refractivity contribution in [1.29, 1.82) is 0 Å². The van der Waals surface area contributed by atoms with Crippen LogP contribution >= 0.6 is 0 Å². The number of nitrogens with zero attached hydrogens (tertiary/aromatic N) is 1. The first-order valence-electron chi connectivity index (χ1n) is 6.71. The minimum atomic E-state index is -0.744. The third-order valence-corrected chi connectivity index (χ3v) is 4.24. The summed E-state index contributed by atoms with van der Waals surface area (Å²) in [6, 6.07) is -0.0391. The molecule has 0 aromatic carbocycles. The van der Waals surface area contributed by atoms with Crippen LogP contribution in [-0.2, 0) is 4.79 Å². The maximum atomic E-state index is 11.9. The molecule has 2 rings (SSSR count). The van der Waals surface area contributed by atoms with E-state index in [9.17, 15) is 9.59 Å². The Labute approximate surface area is 108 Å². The zero-order chi connectivity index (χ0) is 13.3. The highest BCUT2D eigenvalue weighted by molar-refractivity contribution is 5.75. The lowest BCUT2D eigenvalue weighted by Gasteiger charge is -2.21. The van der Waals surface area contributed by atoms with Gasteiger partial charge in [-0.1, -0.05) is 6.92 Å². The summed E-state index contributed by atoms with van der Waals surface area (Å²) < 4.78 is 0. The predicted octanol–water partition coefficient (Wildman–Crippen LogP) is 1.54. The van der Waals surface area contributed by atoms with E-state index < -0.39 is 5.97 Å². The van der Waals surface area contributed by atoms with Crippen molar-refractivity contribution in [3.05, 3.63) is 0 Å². The quantitative estimate of drug-likeness (QED) is 0.799. The zero-order valence-corrected chi connectivity index (χ0v) is 11.1. The van der Waals surface area contributed by atoms with E-state index in [0.717, 1.165) is 18.9 Å². The number of rotatable bonds is 4. The molecule has 5 heteroatoms. The molecule has 2 aliphatic carbocycles. The monoisotopic (exact) mass is 254 g/mol. The lowest BCUT2D eigenvalue weighted by molar-refractivity contribution is -0.141. The van der Waals surface area contributed by atoms with E-state index in [2.05, 4.69) is 12.2 Å². The summed E-state index contributed by atoms with van der Waals surface area (Å²) in [5.74, 6) is 0.357. The van der Waals surface area contributed by atoms with E-state index in [1.807, 2.05) is 7.05 Å². The number of carbonyl (C=O) groups excluding carboxylic acids is 1. The Bertz CT molecular complexity index is 345. The zero-order valence-electron chi connectivity index (χ0n) is 11.1. The lowest BCUT2D eigenvalue weighted by Crippen LogP contribution is -2.43. The Balaban J connectivity index is 1.72. The molecule has 0 aromatic rings. The molecule has 2 fully saturated rings. The first kappa shape index (κ1) is 13.2. The van der Waals surface area contributed by atoms with Crippen LogP contribution in [0.3, 0.4) is 0 Å². The van der Waals surface area contributed by atoms with Gasteiger partial charge in [-0.2, -0.15) is 0 Å². The molecule has 0 radical (unpaired) electrons. The standard InChI is InChI=1S/C13H22N2O3/c1-8-5-10(8)7-15(2)13(18)14-11-4-3-9(6-11)12(16)17/h8-11H,3-7H2,1-2H3,(H,14,18)(H,16,17)/t8?,9-,10?,11+/m1/s1.